The summed E-state index contributed by atoms with van der Waals surface area (Å²) in [4.78, 5) is 15.9. The van der Waals surface area contributed by atoms with Crippen LogP contribution in [-0.2, 0) is 10.8 Å². The molecule has 0 amide bonds. The topological polar surface area (TPSA) is 61.0 Å². The first-order chi connectivity index (χ1) is 30.1. The number of benzene rings is 7. The van der Waals surface area contributed by atoms with Crippen LogP contribution in [0.1, 0.15) is 59.9 Å². The fourth-order valence-electron chi connectivity index (χ4n) is 14.1. The number of furan rings is 1. The van der Waals surface area contributed by atoms with Crippen LogP contribution < -0.4 is 4.74 Å². The number of nitrogens with zero attached hydrogens (tertiary/aromatic N) is 3. The molecule has 2 spiro atoms. The molecular weight excluding hydrogens is 747 g/mol. The molecule has 2 aromatic heterocycles. The van der Waals surface area contributed by atoms with Crippen LogP contribution in [-0.4, -0.2) is 15.0 Å². The molecule has 4 saturated carbocycles. The number of rotatable bonds is 4. The molecule has 1 aliphatic heterocycles. The molecule has 4 fully saturated rings. The number of hydrogen-bond donors (Lipinski definition) is 0. The Hall–Kier alpha value is -6.85. The molecular formula is C56H39N3O2. The van der Waals surface area contributed by atoms with Crippen molar-refractivity contribution in [3.63, 3.8) is 0 Å². The number of aromatic nitrogens is 3. The molecule has 61 heavy (non-hydrogen) atoms. The van der Waals surface area contributed by atoms with Crippen molar-refractivity contribution in [2.45, 2.75) is 42.9 Å². The van der Waals surface area contributed by atoms with Crippen molar-refractivity contribution in [1.82, 2.24) is 15.0 Å². The summed E-state index contributed by atoms with van der Waals surface area (Å²) in [6.45, 7) is 0. The number of ether oxygens (including phenoxy) is 1. The van der Waals surface area contributed by atoms with Crippen molar-refractivity contribution < 1.29 is 9.15 Å². The highest BCUT2D eigenvalue weighted by Crippen LogP contribution is 2.84. The van der Waals surface area contributed by atoms with E-state index in [0.29, 0.717) is 28.3 Å². The van der Waals surface area contributed by atoms with E-state index in [9.17, 15) is 0 Å². The van der Waals surface area contributed by atoms with E-state index in [0.717, 1.165) is 79.0 Å². The maximum absolute atomic E-state index is 6.91. The second-order valence-corrected chi connectivity index (χ2v) is 18.9. The molecule has 9 aromatic rings. The van der Waals surface area contributed by atoms with Crippen LogP contribution in [0.25, 0.3) is 67.2 Å². The monoisotopic (exact) mass is 785 g/mol. The number of para-hydroxylation sites is 2. The Morgan fingerprint density at radius 2 is 1.08 bits per heavy atom. The molecule has 7 aromatic carbocycles. The SMILES string of the molecule is c1ccc2c(c1)Oc1cc(-c3nc(-c4ccc(C56C[C@H]7CC8C[C@@H](C5)C87C6)cc4)nc(-c4cccc5oc6ccccc6c45)n3)ccc1C21c2ccccc2-c2ccccc21. The molecule has 0 N–H and O–H groups in total. The summed E-state index contributed by atoms with van der Waals surface area (Å²) in [7, 11) is 0. The first-order valence-corrected chi connectivity index (χ1v) is 22.0. The van der Waals surface area contributed by atoms with E-state index in [2.05, 4.69) is 133 Å². The third-order valence-corrected chi connectivity index (χ3v) is 16.5. The second-order valence-electron chi connectivity index (χ2n) is 18.9. The Labute approximate surface area is 353 Å². The molecule has 5 nitrogen and oxygen atoms in total. The molecule has 6 aliphatic rings. The highest BCUT2D eigenvalue weighted by molar-refractivity contribution is 6.11. The van der Waals surface area contributed by atoms with Crippen molar-refractivity contribution in [2.75, 3.05) is 0 Å². The van der Waals surface area contributed by atoms with Crippen LogP contribution in [0.15, 0.2) is 162 Å². The fourth-order valence-corrected chi connectivity index (χ4v) is 14.1. The van der Waals surface area contributed by atoms with Gasteiger partial charge in [0.25, 0.3) is 0 Å². The molecule has 290 valence electrons. The van der Waals surface area contributed by atoms with Crippen LogP contribution in [0.3, 0.4) is 0 Å². The first kappa shape index (κ1) is 32.9. The minimum atomic E-state index is -0.539. The molecule has 5 aliphatic carbocycles. The van der Waals surface area contributed by atoms with Crippen LogP contribution in [0.2, 0.25) is 0 Å². The van der Waals surface area contributed by atoms with E-state index >= 15 is 0 Å². The van der Waals surface area contributed by atoms with Gasteiger partial charge in [-0.25, -0.2) is 15.0 Å². The van der Waals surface area contributed by atoms with Crippen molar-refractivity contribution in [3.8, 4) is 56.8 Å². The Morgan fingerprint density at radius 3 is 1.84 bits per heavy atom. The summed E-state index contributed by atoms with van der Waals surface area (Å²) in [6, 6.07) is 56.5. The van der Waals surface area contributed by atoms with Gasteiger partial charge in [0.15, 0.2) is 17.5 Å². The van der Waals surface area contributed by atoms with Crippen molar-refractivity contribution in [1.29, 1.82) is 0 Å². The quantitative estimate of drug-likeness (QED) is 0.178. The Bertz CT molecular complexity index is 3320. The molecule has 5 heteroatoms. The van der Waals surface area contributed by atoms with Crippen LogP contribution in [0, 0.1) is 23.2 Å². The average molecular weight is 786 g/mol. The summed E-state index contributed by atoms with van der Waals surface area (Å²) in [5.74, 6) is 6.43. The van der Waals surface area contributed by atoms with Gasteiger partial charge in [-0.3, -0.25) is 0 Å². The minimum absolute atomic E-state index is 0.339. The number of fused-ring (bicyclic) bond motifs is 13. The van der Waals surface area contributed by atoms with Gasteiger partial charge >= 0.3 is 0 Å². The van der Waals surface area contributed by atoms with Gasteiger partial charge in [-0.15, -0.1) is 0 Å². The average Bonchev–Trinajstić information content (AvgIpc) is 4.03. The molecule has 2 bridgehead atoms. The third kappa shape index (κ3) is 4.01. The van der Waals surface area contributed by atoms with Gasteiger partial charge in [0.05, 0.1) is 5.41 Å². The molecule has 15 rings (SSSR count). The Balaban J connectivity index is 0.914. The van der Waals surface area contributed by atoms with E-state index in [-0.39, 0.29) is 0 Å². The lowest BCUT2D eigenvalue weighted by atomic mass is 9.38. The summed E-state index contributed by atoms with van der Waals surface area (Å²) in [5, 5.41) is 2.05. The zero-order chi connectivity index (χ0) is 39.7. The smallest absolute Gasteiger partial charge is 0.164 e. The third-order valence-electron chi connectivity index (χ3n) is 16.5. The van der Waals surface area contributed by atoms with Crippen molar-refractivity contribution in [3.05, 3.63) is 186 Å². The van der Waals surface area contributed by atoms with Crippen LogP contribution >= 0.6 is 0 Å². The van der Waals surface area contributed by atoms with Crippen LogP contribution in [0.4, 0.5) is 0 Å². The lowest BCUT2D eigenvalue weighted by Crippen LogP contribution is -2.59. The highest BCUT2D eigenvalue weighted by Gasteiger charge is 2.77. The van der Waals surface area contributed by atoms with Crippen molar-refractivity contribution >= 4 is 21.9 Å². The molecule has 3 heterocycles. The zero-order valence-corrected chi connectivity index (χ0v) is 33.4. The Kier molecular flexibility index (Phi) is 6.10. The maximum atomic E-state index is 6.91. The highest BCUT2D eigenvalue weighted by atomic mass is 16.5. The predicted octanol–water partition coefficient (Wildman–Crippen LogP) is 13.3. The van der Waals surface area contributed by atoms with Gasteiger partial charge in [0, 0.05) is 38.6 Å². The molecule has 0 saturated heterocycles. The second kappa shape index (κ2) is 11.3. The minimum Gasteiger partial charge on any atom is -0.457 e. The van der Waals surface area contributed by atoms with E-state index < -0.39 is 5.41 Å². The van der Waals surface area contributed by atoms with Gasteiger partial charge in [0.1, 0.15) is 22.7 Å². The summed E-state index contributed by atoms with van der Waals surface area (Å²) < 4.78 is 13.3. The van der Waals surface area contributed by atoms with E-state index in [1.807, 2.05) is 24.3 Å². The van der Waals surface area contributed by atoms with Crippen molar-refractivity contribution in [2.24, 2.45) is 23.2 Å². The van der Waals surface area contributed by atoms with Gasteiger partial charge in [-0.05, 0) is 113 Å². The van der Waals surface area contributed by atoms with E-state index in [1.165, 1.54) is 59.9 Å². The molecule has 0 radical (unpaired) electrons. The largest absolute Gasteiger partial charge is 0.457 e. The van der Waals surface area contributed by atoms with E-state index in [1.54, 1.807) is 0 Å². The summed E-state index contributed by atoms with van der Waals surface area (Å²) >= 11 is 0. The van der Waals surface area contributed by atoms with Gasteiger partial charge < -0.3 is 9.15 Å². The summed E-state index contributed by atoms with van der Waals surface area (Å²) in [6.07, 6.45) is 7.06. The van der Waals surface area contributed by atoms with E-state index in [4.69, 9.17) is 24.1 Å². The van der Waals surface area contributed by atoms with Crippen LogP contribution in [0.5, 0.6) is 11.5 Å². The van der Waals surface area contributed by atoms with Gasteiger partial charge in [0.2, 0.25) is 0 Å². The standard InChI is InChI=1S/C56H39N3O2/c1-4-14-42-38(10-1)39-11-2-5-15-43(39)56(42)44-16-6-8-18-47(44)61-49-26-33(22-25-45(49)56)52-57-51(58-53(59-52)41-13-9-19-48-50(41)40-12-3-7-17-46(40)60-48)32-20-23-34(24-21-32)54-29-36-27-35-28-37(30-54)55(35,36)31-54/h1-26,35-37H,27-31H2/t35?,36-,37+,54?,55?. The van der Waals surface area contributed by atoms with Gasteiger partial charge in [-0.1, -0.05) is 133 Å². The molecule has 5 atom stereocenters. The predicted molar refractivity (Wildman–Crippen MR) is 238 cm³/mol. The normalized spacial score (nSPS) is 25.0. The molecule has 3 unspecified atom stereocenters. The first-order valence-electron chi connectivity index (χ1n) is 22.0. The fraction of sp³-hybridized carbons (Fsp3) is 0.196. The lowest BCUT2D eigenvalue weighted by molar-refractivity contribution is -0.175. The maximum Gasteiger partial charge on any atom is 0.164 e. The summed E-state index contributed by atoms with van der Waals surface area (Å²) in [5.41, 5.74) is 13.7. The Morgan fingerprint density at radius 1 is 0.475 bits per heavy atom. The zero-order valence-electron chi connectivity index (χ0n) is 33.4. The number of hydrogen-bond acceptors (Lipinski definition) is 5. The lowest BCUT2D eigenvalue weighted by Gasteiger charge is -2.66. The van der Waals surface area contributed by atoms with Gasteiger partial charge in [-0.2, -0.15) is 0 Å².